The molecule has 0 unspecified atom stereocenters. The molecule has 0 saturated carbocycles. The van der Waals surface area contributed by atoms with E-state index in [1.807, 2.05) is 13.8 Å². The van der Waals surface area contributed by atoms with Crippen LogP contribution in [0.15, 0.2) is 0 Å². The maximum atomic E-state index is 13.6. The first-order valence-electron chi connectivity index (χ1n) is 11.6. The smallest absolute Gasteiger partial charge is 0.200 e. The summed E-state index contributed by atoms with van der Waals surface area (Å²) in [5.41, 5.74) is -0.704. The summed E-state index contributed by atoms with van der Waals surface area (Å²) < 4.78 is 77.5. The molecule has 1 aromatic rings. The van der Waals surface area contributed by atoms with Gasteiger partial charge in [-0.1, -0.05) is 51.4 Å². The van der Waals surface area contributed by atoms with Gasteiger partial charge in [0.2, 0.25) is 5.82 Å². The first-order valence-corrected chi connectivity index (χ1v) is 11.6. The Kier molecular flexibility index (Phi) is 14.7. The van der Waals surface area contributed by atoms with Crippen molar-refractivity contribution in [1.82, 2.24) is 0 Å². The highest BCUT2D eigenvalue weighted by atomic mass is 19.2. The molecular formula is C24H37F5O2. The molecule has 0 bridgehead atoms. The van der Waals surface area contributed by atoms with Crippen molar-refractivity contribution in [2.75, 3.05) is 19.8 Å². The Morgan fingerprint density at radius 1 is 0.516 bits per heavy atom. The molecule has 0 aliphatic rings. The Morgan fingerprint density at radius 3 is 1.45 bits per heavy atom. The van der Waals surface area contributed by atoms with Crippen molar-refractivity contribution < 1.29 is 31.4 Å². The number of hydrogen-bond acceptors (Lipinski definition) is 2. The van der Waals surface area contributed by atoms with Gasteiger partial charge in [-0.15, -0.1) is 0 Å². The van der Waals surface area contributed by atoms with Gasteiger partial charge in [0, 0.05) is 25.4 Å². The zero-order chi connectivity index (χ0) is 23.1. The third-order valence-corrected chi connectivity index (χ3v) is 5.15. The highest BCUT2D eigenvalue weighted by Crippen LogP contribution is 2.24. The molecule has 0 heterocycles. The van der Waals surface area contributed by atoms with Crippen LogP contribution in [0, 0.1) is 29.1 Å². The second-order valence-electron chi connectivity index (χ2n) is 8.22. The molecule has 0 fully saturated rings. The molecule has 0 N–H and O–H groups in total. The minimum Gasteiger partial charge on any atom is -0.381 e. The van der Waals surface area contributed by atoms with E-state index in [0.717, 1.165) is 64.8 Å². The fourth-order valence-electron chi connectivity index (χ4n) is 3.37. The van der Waals surface area contributed by atoms with Crippen LogP contribution in [-0.2, 0) is 15.9 Å². The molecule has 0 aromatic heterocycles. The molecule has 1 aromatic carbocycles. The lowest BCUT2D eigenvalue weighted by atomic mass is 10.0. The maximum absolute atomic E-state index is 13.6. The lowest BCUT2D eigenvalue weighted by molar-refractivity contribution is 0.0507. The van der Waals surface area contributed by atoms with Crippen LogP contribution in [0.2, 0.25) is 0 Å². The Morgan fingerprint density at radius 2 is 0.935 bits per heavy atom. The van der Waals surface area contributed by atoms with Crippen LogP contribution in [0.3, 0.4) is 0 Å². The topological polar surface area (TPSA) is 18.5 Å². The van der Waals surface area contributed by atoms with Gasteiger partial charge in [0.15, 0.2) is 23.3 Å². The fourth-order valence-corrected chi connectivity index (χ4v) is 3.37. The summed E-state index contributed by atoms with van der Waals surface area (Å²) in [6.07, 6.45) is 10.9. The van der Waals surface area contributed by atoms with Crippen molar-refractivity contribution >= 4 is 0 Å². The minimum atomic E-state index is -2.10. The van der Waals surface area contributed by atoms with E-state index < -0.39 is 34.6 Å². The Bertz CT molecular complexity index is 593. The van der Waals surface area contributed by atoms with E-state index in [4.69, 9.17) is 9.47 Å². The normalized spacial score (nSPS) is 11.6. The molecule has 0 aliphatic carbocycles. The summed E-state index contributed by atoms with van der Waals surface area (Å²) in [5, 5.41) is 0. The van der Waals surface area contributed by atoms with Crippen molar-refractivity contribution in [2.45, 2.75) is 97.0 Å². The fraction of sp³-hybridized carbons (Fsp3) is 0.750. The minimum absolute atomic E-state index is 0.140. The molecule has 1 rings (SSSR count). The average molecular weight is 453 g/mol. The Hall–Kier alpha value is -1.21. The Balaban J connectivity index is 1.94. The molecule has 0 amide bonds. The van der Waals surface area contributed by atoms with E-state index in [1.165, 1.54) is 12.8 Å². The number of unbranched alkanes of at least 4 members (excludes halogenated alkanes) is 9. The number of benzene rings is 1. The Labute approximate surface area is 183 Å². The number of ether oxygens (including phenoxy) is 2. The lowest BCUT2D eigenvalue weighted by Crippen LogP contribution is -2.07. The SMILES string of the molecule is CC(C)OCCCOCCCCCCCCCCCCc1c(F)c(F)c(F)c(F)c1F. The van der Waals surface area contributed by atoms with Gasteiger partial charge in [-0.25, -0.2) is 22.0 Å². The van der Waals surface area contributed by atoms with Crippen LogP contribution < -0.4 is 0 Å². The molecule has 0 spiro atoms. The summed E-state index contributed by atoms with van der Waals surface area (Å²) in [6, 6.07) is 0. The van der Waals surface area contributed by atoms with Gasteiger partial charge in [0.25, 0.3) is 0 Å². The van der Waals surface area contributed by atoms with Gasteiger partial charge >= 0.3 is 0 Å². The van der Waals surface area contributed by atoms with Gasteiger partial charge < -0.3 is 9.47 Å². The second kappa shape index (κ2) is 16.4. The van der Waals surface area contributed by atoms with E-state index in [1.54, 1.807) is 0 Å². The molecule has 31 heavy (non-hydrogen) atoms. The number of hydrogen-bond donors (Lipinski definition) is 0. The van der Waals surface area contributed by atoms with E-state index >= 15 is 0 Å². The molecule has 2 nitrogen and oxygen atoms in total. The predicted molar refractivity (Wildman–Crippen MR) is 113 cm³/mol. The first kappa shape index (κ1) is 27.8. The number of halogens is 5. The molecule has 0 aliphatic heterocycles. The lowest BCUT2D eigenvalue weighted by Gasteiger charge is -2.08. The summed E-state index contributed by atoms with van der Waals surface area (Å²) in [5.74, 6) is -9.24. The van der Waals surface area contributed by atoms with Gasteiger partial charge in [-0.05, 0) is 39.5 Å². The van der Waals surface area contributed by atoms with Gasteiger partial charge in [0.1, 0.15) is 0 Å². The van der Waals surface area contributed by atoms with Crippen LogP contribution in [0.5, 0.6) is 0 Å². The molecule has 0 radical (unpaired) electrons. The van der Waals surface area contributed by atoms with E-state index in [2.05, 4.69) is 0 Å². The van der Waals surface area contributed by atoms with Crippen LogP contribution in [0.1, 0.15) is 90.0 Å². The second-order valence-corrected chi connectivity index (χ2v) is 8.22. The monoisotopic (exact) mass is 452 g/mol. The van der Waals surface area contributed by atoms with Crippen LogP contribution in [0.4, 0.5) is 22.0 Å². The van der Waals surface area contributed by atoms with Crippen molar-refractivity contribution in [2.24, 2.45) is 0 Å². The average Bonchev–Trinajstić information content (AvgIpc) is 2.74. The summed E-state index contributed by atoms with van der Waals surface area (Å²) in [7, 11) is 0. The van der Waals surface area contributed by atoms with Crippen molar-refractivity contribution in [3.05, 3.63) is 34.6 Å². The standard InChI is InChI=1S/C24H37F5O2/c1-18(2)31-17-13-16-30-15-12-10-8-6-4-3-5-7-9-11-14-19-20(25)22(27)24(29)23(28)21(19)26/h18H,3-17H2,1-2H3. The summed E-state index contributed by atoms with van der Waals surface area (Å²) in [6.45, 7) is 6.33. The molecule has 180 valence electrons. The first-order chi connectivity index (χ1) is 14.9. The predicted octanol–water partition coefficient (Wildman–Crippen LogP) is 7.66. The zero-order valence-corrected chi connectivity index (χ0v) is 18.9. The van der Waals surface area contributed by atoms with Crippen molar-refractivity contribution in [3.8, 4) is 0 Å². The molecular weight excluding hydrogens is 415 g/mol. The van der Waals surface area contributed by atoms with Crippen molar-refractivity contribution in [1.29, 1.82) is 0 Å². The zero-order valence-electron chi connectivity index (χ0n) is 18.9. The quantitative estimate of drug-likeness (QED) is 0.0985. The third-order valence-electron chi connectivity index (χ3n) is 5.15. The highest BCUT2D eigenvalue weighted by Gasteiger charge is 2.24. The number of rotatable bonds is 18. The molecule has 7 heteroatoms. The third kappa shape index (κ3) is 11.3. The molecule has 0 saturated heterocycles. The molecule has 0 atom stereocenters. The van der Waals surface area contributed by atoms with Gasteiger partial charge in [-0.3, -0.25) is 0 Å². The maximum Gasteiger partial charge on any atom is 0.200 e. The largest absolute Gasteiger partial charge is 0.381 e. The van der Waals surface area contributed by atoms with E-state index in [-0.39, 0.29) is 12.5 Å². The van der Waals surface area contributed by atoms with Gasteiger partial charge in [-0.2, -0.15) is 0 Å². The van der Waals surface area contributed by atoms with Crippen LogP contribution >= 0.6 is 0 Å². The van der Waals surface area contributed by atoms with Crippen LogP contribution in [-0.4, -0.2) is 25.9 Å². The highest BCUT2D eigenvalue weighted by molar-refractivity contribution is 5.24. The van der Waals surface area contributed by atoms with Crippen molar-refractivity contribution in [3.63, 3.8) is 0 Å². The van der Waals surface area contributed by atoms with Gasteiger partial charge in [0.05, 0.1) is 6.10 Å². The summed E-state index contributed by atoms with van der Waals surface area (Å²) in [4.78, 5) is 0. The summed E-state index contributed by atoms with van der Waals surface area (Å²) >= 11 is 0. The van der Waals surface area contributed by atoms with Crippen LogP contribution in [0.25, 0.3) is 0 Å². The van der Waals surface area contributed by atoms with E-state index in [0.29, 0.717) is 12.8 Å². The van der Waals surface area contributed by atoms with E-state index in [9.17, 15) is 22.0 Å².